The smallest absolute Gasteiger partial charge is 0.243 e. The number of nitrogens with zero attached hydrogens (tertiary/aromatic N) is 3. The highest BCUT2D eigenvalue weighted by molar-refractivity contribution is 7.17. The first kappa shape index (κ1) is 15.3. The van der Waals surface area contributed by atoms with Gasteiger partial charge in [0.15, 0.2) is 0 Å². The second-order valence-corrected chi connectivity index (χ2v) is 7.06. The molecule has 2 aromatic heterocycles. The van der Waals surface area contributed by atoms with Crippen molar-refractivity contribution >= 4 is 27.4 Å². The highest BCUT2D eigenvalue weighted by Gasteiger charge is 2.26. The summed E-state index contributed by atoms with van der Waals surface area (Å²) in [6.07, 6.45) is 2.34. The van der Waals surface area contributed by atoms with E-state index >= 15 is 0 Å². The molecule has 124 valence electrons. The number of aromatic hydroxyl groups is 1. The molecule has 2 heterocycles. The number of aliphatic hydroxyl groups excluding tert-OH is 1. The SMILES string of the molecule is Cc1nc(N[C@@H]2CCC[C@H]2O)nnc1-c1ccc2sccc2c1O. The highest BCUT2D eigenvalue weighted by atomic mass is 32.1. The van der Waals surface area contributed by atoms with Gasteiger partial charge in [0.25, 0.3) is 0 Å². The Balaban J connectivity index is 1.67. The van der Waals surface area contributed by atoms with Crippen LogP contribution in [0.3, 0.4) is 0 Å². The van der Waals surface area contributed by atoms with E-state index in [2.05, 4.69) is 20.5 Å². The molecule has 4 rings (SSSR count). The Morgan fingerprint density at radius 2 is 2.08 bits per heavy atom. The van der Waals surface area contributed by atoms with Gasteiger partial charge in [-0.1, -0.05) is 0 Å². The fourth-order valence-corrected chi connectivity index (χ4v) is 4.00. The van der Waals surface area contributed by atoms with Crippen LogP contribution in [0.4, 0.5) is 5.95 Å². The molecule has 3 aromatic rings. The molecule has 24 heavy (non-hydrogen) atoms. The molecule has 1 aliphatic carbocycles. The fraction of sp³-hybridized carbons (Fsp3) is 0.353. The molecule has 0 amide bonds. The highest BCUT2D eigenvalue weighted by Crippen LogP contribution is 2.37. The van der Waals surface area contributed by atoms with E-state index in [9.17, 15) is 10.2 Å². The van der Waals surface area contributed by atoms with Crippen LogP contribution in [-0.2, 0) is 0 Å². The van der Waals surface area contributed by atoms with Crippen LogP contribution in [-0.4, -0.2) is 37.5 Å². The van der Waals surface area contributed by atoms with Crippen LogP contribution in [0.25, 0.3) is 21.3 Å². The van der Waals surface area contributed by atoms with Gasteiger partial charge in [-0.15, -0.1) is 21.5 Å². The number of phenols is 1. The molecule has 1 aliphatic rings. The van der Waals surface area contributed by atoms with Gasteiger partial charge in [0, 0.05) is 15.6 Å². The lowest BCUT2D eigenvalue weighted by Gasteiger charge is -2.16. The summed E-state index contributed by atoms with van der Waals surface area (Å²) in [6, 6.07) is 5.69. The van der Waals surface area contributed by atoms with Crippen LogP contribution in [0.2, 0.25) is 0 Å². The number of hydrogen-bond donors (Lipinski definition) is 3. The zero-order valence-corrected chi connectivity index (χ0v) is 14.0. The minimum atomic E-state index is -0.362. The lowest BCUT2D eigenvalue weighted by atomic mass is 10.1. The molecular weight excluding hydrogens is 324 g/mol. The van der Waals surface area contributed by atoms with Crippen LogP contribution in [0.5, 0.6) is 5.75 Å². The van der Waals surface area contributed by atoms with Crippen molar-refractivity contribution in [3.8, 4) is 17.0 Å². The molecule has 3 N–H and O–H groups in total. The quantitative estimate of drug-likeness (QED) is 0.677. The minimum Gasteiger partial charge on any atom is -0.507 e. The molecule has 0 spiro atoms. The van der Waals surface area contributed by atoms with Crippen LogP contribution >= 0.6 is 11.3 Å². The minimum absolute atomic E-state index is 0.0207. The topological polar surface area (TPSA) is 91.2 Å². The molecule has 0 unspecified atom stereocenters. The summed E-state index contributed by atoms with van der Waals surface area (Å²) < 4.78 is 1.03. The summed E-state index contributed by atoms with van der Waals surface area (Å²) in [7, 11) is 0. The molecule has 7 heteroatoms. The van der Waals surface area contributed by atoms with Gasteiger partial charge in [0.2, 0.25) is 5.95 Å². The number of aliphatic hydroxyl groups is 1. The molecule has 1 fully saturated rings. The third-order valence-corrected chi connectivity index (χ3v) is 5.40. The lowest BCUT2D eigenvalue weighted by molar-refractivity contribution is 0.171. The van der Waals surface area contributed by atoms with Crippen LogP contribution in [0.1, 0.15) is 25.0 Å². The summed E-state index contributed by atoms with van der Waals surface area (Å²) >= 11 is 1.58. The first-order valence-electron chi connectivity index (χ1n) is 7.99. The molecular formula is C17H18N4O2S. The van der Waals surface area contributed by atoms with E-state index in [4.69, 9.17) is 0 Å². The predicted octanol–water partition coefficient (Wildman–Crippen LogP) is 3.09. The van der Waals surface area contributed by atoms with Crippen molar-refractivity contribution in [2.45, 2.75) is 38.3 Å². The van der Waals surface area contributed by atoms with Crippen molar-refractivity contribution in [2.75, 3.05) is 5.32 Å². The average Bonchev–Trinajstić information content (AvgIpc) is 3.19. The maximum absolute atomic E-state index is 10.5. The van der Waals surface area contributed by atoms with Gasteiger partial charge in [-0.3, -0.25) is 0 Å². The standard InChI is InChI=1S/C17H18N4O2S/c1-9-15(11-5-6-14-10(16(11)23)7-8-24-14)20-21-17(18-9)19-12-3-2-4-13(12)22/h5-8,12-13,22-23H,2-4H2,1H3,(H,18,19,21)/t12-,13-/m1/s1. The van der Waals surface area contributed by atoms with Gasteiger partial charge in [0.05, 0.1) is 17.8 Å². The zero-order chi connectivity index (χ0) is 16.7. The van der Waals surface area contributed by atoms with Crippen LogP contribution in [0, 0.1) is 6.92 Å². The second kappa shape index (κ2) is 5.99. The third-order valence-electron chi connectivity index (χ3n) is 4.52. The van der Waals surface area contributed by atoms with Crippen LogP contribution < -0.4 is 5.32 Å². The number of rotatable bonds is 3. The van der Waals surface area contributed by atoms with E-state index in [1.54, 1.807) is 11.3 Å². The molecule has 6 nitrogen and oxygen atoms in total. The largest absolute Gasteiger partial charge is 0.507 e. The van der Waals surface area contributed by atoms with Crippen molar-refractivity contribution < 1.29 is 10.2 Å². The summed E-state index contributed by atoms with van der Waals surface area (Å²) in [5.74, 6) is 0.623. The molecule has 0 bridgehead atoms. The third kappa shape index (κ3) is 2.59. The van der Waals surface area contributed by atoms with Crippen molar-refractivity contribution in [3.63, 3.8) is 0 Å². The van der Waals surface area contributed by atoms with Gasteiger partial charge in [-0.05, 0) is 49.8 Å². The Bertz CT molecular complexity index is 895. The predicted molar refractivity (Wildman–Crippen MR) is 94.3 cm³/mol. The van der Waals surface area contributed by atoms with Gasteiger partial charge in [-0.2, -0.15) is 0 Å². The van der Waals surface area contributed by atoms with Gasteiger partial charge < -0.3 is 15.5 Å². The van der Waals surface area contributed by atoms with E-state index in [0.29, 0.717) is 22.9 Å². The summed E-state index contributed by atoms with van der Waals surface area (Å²) in [5, 5.41) is 34.7. The van der Waals surface area contributed by atoms with Crippen molar-refractivity contribution in [2.24, 2.45) is 0 Å². The Kier molecular flexibility index (Phi) is 3.82. The Labute approximate surface area is 143 Å². The summed E-state index contributed by atoms with van der Waals surface area (Å²) in [4.78, 5) is 4.45. The van der Waals surface area contributed by atoms with E-state index in [0.717, 1.165) is 29.3 Å². The Morgan fingerprint density at radius 3 is 2.83 bits per heavy atom. The van der Waals surface area contributed by atoms with E-state index in [1.807, 2.05) is 30.5 Å². The first-order valence-corrected chi connectivity index (χ1v) is 8.87. The van der Waals surface area contributed by atoms with E-state index in [-0.39, 0.29) is 17.9 Å². The number of anilines is 1. The van der Waals surface area contributed by atoms with E-state index < -0.39 is 0 Å². The Morgan fingerprint density at radius 1 is 1.21 bits per heavy atom. The second-order valence-electron chi connectivity index (χ2n) is 6.11. The fourth-order valence-electron chi connectivity index (χ4n) is 3.21. The van der Waals surface area contributed by atoms with Crippen molar-refractivity contribution in [1.82, 2.24) is 15.2 Å². The zero-order valence-electron chi connectivity index (χ0n) is 13.2. The molecule has 1 aromatic carbocycles. The number of nitrogens with one attached hydrogen (secondary N) is 1. The number of benzene rings is 1. The van der Waals surface area contributed by atoms with Crippen LogP contribution in [0.15, 0.2) is 23.6 Å². The monoisotopic (exact) mass is 342 g/mol. The van der Waals surface area contributed by atoms with Crippen molar-refractivity contribution in [3.05, 3.63) is 29.3 Å². The van der Waals surface area contributed by atoms with Crippen molar-refractivity contribution in [1.29, 1.82) is 0 Å². The maximum atomic E-state index is 10.5. The molecule has 1 saturated carbocycles. The molecule has 0 radical (unpaired) electrons. The number of phenolic OH excluding ortho intramolecular Hbond substituents is 1. The molecule has 2 atom stereocenters. The van der Waals surface area contributed by atoms with Gasteiger partial charge in [-0.25, -0.2) is 4.98 Å². The lowest BCUT2D eigenvalue weighted by Crippen LogP contribution is -2.29. The Hall–Kier alpha value is -2.25. The average molecular weight is 342 g/mol. The van der Waals surface area contributed by atoms with Gasteiger partial charge >= 0.3 is 0 Å². The van der Waals surface area contributed by atoms with E-state index in [1.165, 1.54) is 0 Å². The number of thiophene rings is 1. The first-order chi connectivity index (χ1) is 11.6. The summed E-state index contributed by atoms with van der Waals surface area (Å²) in [5.41, 5.74) is 1.88. The van der Waals surface area contributed by atoms with Gasteiger partial charge in [0.1, 0.15) is 11.4 Å². The number of fused-ring (bicyclic) bond motifs is 1. The molecule has 0 saturated heterocycles. The number of aryl methyl sites for hydroxylation is 1. The number of aromatic nitrogens is 3. The maximum Gasteiger partial charge on any atom is 0.243 e. The number of hydrogen-bond acceptors (Lipinski definition) is 7. The summed E-state index contributed by atoms with van der Waals surface area (Å²) in [6.45, 7) is 1.84. The normalized spacial score (nSPS) is 20.6. The molecule has 0 aliphatic heterocycles.